The molecule has 2 amide bonds. The fourth-order valence-electron chi connectivity index (χ4n) is 3.30. The van der Waals surface area contributed by atoms with E-state index in [1.54, 1.807) is 13.1 Å². The van der Waals surface area contributed by atoms with Crippen LogP contribution in [0.1, 0.15) is 18.7 Å². The zero-order valence-corrected chi connectivity index (χ0v) is 14.5. The number of rotatable bonds is 3. The van der Waals surface area contributed by atoms with Gasteiger partial charge in [0.2, 0.25) is 23.5 Å². The Hall–Kier alpha value is -2.97. The summed E-state index contributed by atoms with van der Waals surface area (Å²) in [4.78, 5) is 36.4. The van der Waals surface area contributed by atoms with Gasteiger partial charge in [0.1, 0.15) is 11.9 Å². The fraction of sp³-hybridized carbons (Fsp3) is 0.471. The van der Waals surface area contributed by atoms with E-state index in [-0.39, 0.29) is 17.9 Å². The van der Waals surface area contributed by atoms with Gasteiger partial charge in [0.05, 0.1) is 0 Å². The van der Waals surface area contributed by atoms with Crippen molar-refractivity contribution in [3.05, 3.63) is 24.2 Å². The van der Waals surface area contributed by atoms with Crippen LogP contribution in [0.25, 0.3) is 11.4 Å². The number of nitrogens with zero attached hydrogens (tertiary/aromatic N) is 5. The van der Waals surface area contributed by atoms with Gasteiger partial charge in [-0.2, -0.15) is 4.98 Å². The number of nitrogens with one attached hydrogen (secondary N) is 1. The normalized spacial score (nSPS) is 20.3. The highest BCUT2D eigenvalue weighted by molar-refractivity contribution is 5.90. The lowest BCUT2D eigenvalue weighted by atomic mass is 10.2. The molecule has 0 spiro atoms. The molecule has 2 aliphatic rings. The third-order valence-corrected chi connectivity index (χ3v) is 4.74. The van der Waals surface area contributed by atoms with Crippen molar-refractivity contribution in [1.29, 1.82) is 0 Å². The molecule has 9 nitrogen and oxygen atoms in total. The summed E-state index contributed by atoms with van der Waals surface area (Å²) in [5.41, 5.74) is 0.802. The highest BCUT2D eigenvalue weighted by Crippen LogP contribution is 2.20. The molecule has 0 unspecified atom stereocenters. The van der Waals surface area contributed by atoms with Crippen molar-refractivity contribution in [2.75, 3.05) is 31.1 Å². The number of carbonyl (C=O) groups is 2. The summed E-state index contributed by atoms with van der Waals surface area (Å²) in [7, 11) is 0. The van der Waals surface area contributed by atoms with E-state index in [0.717, 1.165) is 11.4 Å². The van der Waals surface area contributed by atoms with Crippen molar-refractivity contribution in [2.45, 2.75) is 25.8 Å². The van der Waals surface area contributed by atoms with Gasteiger partial charge in [0.15, 0.2) is 0 Å². The average Bonchev–Trinajstić information content (AvgIpc) is 3.30. The lowest BCUT2D eigenvalue weighted by Crippen LogP contribution is -2.53. The van der Waals surface area contributed by atoms with Crippen LogP contribution < -0.4 is 10.2 Å². The number of amides is 2. The molecule has 0 bridgehead atoms. The number of pyridine rings is 1. The second-order valence-corrected chi connectivity index (χ2v) is 6.51. The second kappa shape index (κ2) is 6.74. The number of piperazine rings is 1. The highest BCUT2D eigenvalue weighted by atomic mass is 16.5. The largest absolute Gasteiger partial charge is 0.353 e. The first-order chi connectivity index (χ1) is 12.6. The third-order valence-electron chi connectivity index (χ3n) is 4.74. The smallest absolute Gasteiger partial charge is 0.245 e. The highest BCUT2D eigenvalue weighted by Gasteiger charge is 2.32. The molecule has 2 fully saturated rings. The van der Waals surface area contributed by atoms with Crippen LogP contribution in [0.4, 0.5) is 5.82 Å². The Bertz CT molecular complexity index is 810. The number of hydrogen-bond acceptors (Lipinski definition) is 7. The van der Waals surface area contributed by atoms with E-state index in [4.69, 9.17) is 4.52 Å². The maximum atomic E-state index is 12.4. The van der Waals surface area contributed by atoms with Gasteiger partial charge < -0.3 is 19.6 Å². The maximum absolute atomic E-state index is 12.4. The van der Waals surface area contributed by atoms with Crippen LogP contribution in [0.5, 0.6) is 0 Å². The van der Waals surface area contributed by atoms with E-state index in [0.29, 0.717) is 50.7 Å². The molecule has 2 aromatic rings. The average molecular weight is 356 g/mol. The molecule has 1 N–H and O–H groups in total. The fourth-order valence-corrected chi connectivity index (χ4v) is 3.30. The molecular formula is C17H20N6O3. The first kappa shape index (κ1) is 16.5. The summed E-state index contributed by atoms with van der Waals surface area (Å²) in [5.74, 6) is 1.88. The van der Waals surface area contributed by atoms with E-state index >= 15 is 0 Å². The molecule has 9 heteroatoms. The SMILES string of the molecule is Cc1nc(-c2ccc(N3CCN(C(=O)[C@@H]4CCC(=O)N4)CC3)nc2)no1. The van der Waals surface area contributed by atoms with Gasteiger partial charge in [-0.15, -0.1) is 0 Å². The van der Waals surface area contributed by atoms with E-state index in [1.807, 2.05) is 17.0 Å². The Labute approximate surface area is 150 Å². The number of carbonyl (C=O) groups excluding carboxylic acids is 2. The van der Waals surface area contributed by atoms with Gasteiger partial charge in [-0.05, 0) is 18.6 Å². The molecule has 2 aromatic heterocycles. The van der Waals surface area contributed by atoms with Crippen LogP contribution in [-0.2, 0) is 9.59 Å². The molecule has 4 rings (SSSR count). The van der Waals surface area contributed by atoms with Gasteiger partial charge in [-0.3, -0.25) is 9.59 Å². The number of aromatic nitrogens is 3. The first-order valence-electron chi connectivity index (χ1n) is 8.70. The van der Waals surface area contributed by atoms with E-state index in [9.17, 15) is 9.59 Å². The van der Waals surface area contributed by atoms with E-state index in [1.165, 1.54) is 0 Å². The minimum atomic E-state index is -0.357. The van der Waals surface area contributed by atoms with Crippen LogP contribution in [0, 0.1) is 6.92 Å². The molecule has 2 saturated heterocycles. The molecular weight excluding hydrogens is 336 g/mol. The molecule has 26 heavy (non-hydrogen) atoms. The standard InChI is InChI=1S/C17H20N6O3/c1-11-19-16(21-26-11)12-2-4-14(18-10-12)22-6-8-23(9-7-22)17(25)13-3-5-15(24)20-13/h2,4,10,13H,3,5-9H2,1H3,(H,20,24)/t13-/m0/s1. The molecule has 1 atom stereocenters. The van der Waals surface area contributed by atoms with Crippen LogP contribution in [0.3, 0.4) is 0 Å². The van der Waals surface area contributed by atoms with Crippen molar-refractivity contribution in [2.24, 2.45) is 0 Å². The van der Waals surface area contributed by atoms with Crippen LogP contribution in [0.15, 0.2) is 22.9 Å². The molecule has 0 saturated carbocycles. The van der Waals surface area contributed by atoms with E-state index < -0.39 is 0 Å². The molecule has 0 aliphatic carbocycles. The zero-order valence-electron chi connectivity index (χ0n) is 14.5. The first-order valence-corrected chi connectivity index (χ1v) is 8.70. The van der Waals surface area contributed by atoms with Crippen molar-refractivity contribution in [3.63, 3.8) is 0 Å². The minimum Gasteiger partial charge on any atom is -0.353 e. The maximum Gasteiger partial charge on any atom is 0.245 e. The summed E-state index contributed by atoms with van der Waals surface area (Å²) in [6, 6.07) is 3.48. The molecule has 4 heterocycles. The van der Waals surface area contributed by atoms with Crippen LogP contribution >= 0.6 is 0 Å². The van der Waals surface area contributed by atoms with Gasteiger partial charge in [0, 0.05) is 51.3 Å². The Morgan fingerprint density at radius 2 is 2.08 bits per heavy atom. The zero-order chi connectivity index (χ0) is 18.1. The minimum absolute atomic E-state index is 0.0197. The number of anilines is 1. The Morgan fingerprint density at radius 3 is 2.65 bits per heavy atom. The predicted molar refractivity (Wildman–Crippen MR) is 92.2 cm³/mol. The van der Waals surface area contributed by atoms with Crippen LogP contribution in [0.2, 0.25) is 0 Å². The molecule has 0 radical (unpaired) electrons. The van der Waals surface area contributed by atoms with Gasteiger partial charge >= 0.3 is 0 Å². The van der Waals surface area contributed by atoms with Crippen molar-refractivity contribution >= 4 is 17.6 Å². The summed E-state index contributed by atoms with van der Waals surface area (Å²) < 4.78 is 4.99. The van der Waals surface area contributed by atoms with Crippen LogP contribution in [-0.4, -0.2) is 64.1 Å². The summed E-state index contributed by atoms with van der Waals surface area (Å²) in [5, 5.41) is 6.63. The lowest BCUT2D eigenvalue weighted by Gasteiger charge is -2.36. The topological polar surface area (TPSA) is 104 Å². The second-order valence-electron chi connectivity index (χ2n) is 6.51. The summed E-state index contributed by atoms with van der Waals surface area (Å²) >= 11 is 0. The van der Waals surface area contributed by atoms with Crippen molar-refractivity contribution < 1.29 is 14.1 Å². The number of hydrogen-bond donors (Lipinski definition) is 1. The predicted octanol–water partition coefficient (Wildman–Crippen LogP) is 0.367. The summed E-state index contributed by atoms with van der Waals surface area (Å²) in [6.07, 6.45) is 2.76. The van der Waals surface area contributed by atoms with Gasteiger partial charge in [-0.1, -0.05) is 5.16 Å². The number of aryl methyl sites for hydroxylation is 1. The Balaban J connectivity index is 1.36. The lowest BCUT2D eigenvalue weighted by molar-refractivity contribution is -0.134. The Morgan fingerprint density at radius 1 is 1.27 bits per heavy atom. The quantitative estimate of drug-likeness (QED) is 0.847. The third kappa shape index (κ3) is 3.24. The van der Waals surface area contributed by atoms with Crippen molar-refractivity contribution in [1.82, 2.24) is 25.3 Å². The van der Waals surface area contributed by atoms with E-state index in [2.05, 4.69) is 25.3 Å². The monoisotopic (exact) mass is 356 g/mol. The van der Waals surface area contributed by atoms with Gasteiger partial charge in [0.25, 0.3) is 0 Å². The molecule has 136 valence electrons. The molecule has 0 aromatic carbocycles. The van der Waals surface area contributed by atoms with Gasteiger partial charge in [-0.25, -0.2) is 4.98 Å². The summed E-state index contributed by atoms with van der Waals surface area (Å²) in [6.45, 7) is 4.41. The molecule has 2 aliphatic heterocycles. The Kier molecular flexibility index (Phi) is 4.27. The van der Waals surface area contributed by atoms with Crippen molar-refractivity contribution in [3.8, 4) is 11.4 Å².